The van der Waals surface area contributed by atoms with Crippen molar-refractivity contribution in [3.05, 3.63) is 113 Å². The average molecular weight is 498 g/mol. The molecule has 5 heteroatoms. The van der Waals surface area contributed by atoms with Gasteiger partial charge in [0.25, 0.3) is 0 Å². The second-order valence-corrected chi connectivity index (χ2v) is 10.9. The predicted octanol–water partition coefficient (Wildman–Crippen LogP) is 7.01. The summed E-state index contributed by atoms with van der Waals surface area (Å²) in [4.78, 5) is 6.99. The molecule has 4 aliphatic rings. The molecule has 8 rings (SSSR count). The Hall–Kier alpha value is -4.22. The lowest BCUT2D eigenvalue weighted by atomic mass is 9.80. The number of nitrogens with one attached hydrogen (secondary N) is 1. The number of rotatable bonds is 0. The molecule has 1 aliphatic carbocycles. The molecule has 3 aliphatic heterocycles. The van der Waals surface area contributed by atoms with Gasteiger partial charge in [0.1, 0.15) is 0 Å². The van der Waals surface area contributed by atoms with Crippen LogP contribution in [-0.4, -0.2) is 26.7 Å². The lowest BCUT2D eigenvalue weighted by molar-refractivity contribution is 0.310. The Kier molecular flexibility index (Phi) is 5.24. The van der Waals surface area contributed by atoms with Crippen LogP contribution in [0.2, 0.25) is 0 Å². The molecule has 4 aromatic rings. The summed E-state index contributed by atoms with van der Waals surface area (Å²) in [6.45, 7) is 8.46. The summed E-state index contributed by atoms with van der Waals surface area (Å²) in [5.74, 6) is 0.468. The van der Waals surface area contributed by atoms with Crippen LogP contribution < -0.4 is 5.32 Å². The summed E-state index contributed by atoms with van der Waals surface area (Å²) in [6.07, 6.45) is 11.5. The zero-order valence-corrected chi connectivity index (χ0v) is 22.1. The molecule has 0 unspecified atom stereocenters. The van der Waals surface area contributed by atoms with E-state index in [1.807, 2.05) is 30.3 Å². The van der Waals surface area contributed by atoms with Crippen LogP contribution in [-0.2, 0) is 20.1 Å². The number of hydrogen-bond acceptors (Lipinski definition) is 4. The first-order valence-electron chi connectivity index (χ1n) is 13.3. The summed E-state index contributed by atoms with van der Waals surface area (Å²) < 4.78 is 2.02. The molecular formula is C33H31N5. The number of benzene rings is 2. The van der Waals surface area contributed by atoms with Crippen molar-refractivity contribution in [2.75, 3.05) is 12.4 Å². The highest BCUT2D eigenvalue weighted by atomic mass is 15.3. The van der Waals surface area contributed by atoms with Crippen molar-refractivity contribution in [1.29, 1.82) is 0 Å². The van der Waals surface area contributed by atoms with Crippen molar-refractivity contribution in [1.82, 2.24) is 19.7 Å². The maximum absolute atomic E-state index is 4.67. The minimum atomic E-state index is 0.468. The SMILES string of the molecule is C=C1C=C2Nc3cncc(c31)-c1cccc(c1)CN(C)Cc1c(cnn1C)-c1ccc3c(c1)C2=CC[C@H]3C. The smallest absolute Gasteiger partial charge is 0.0656 e. The Morgan fingerprint density at radius 1 is 0.947 bits per heavy atom. The average Bonchev–Trinajstić information content (AvgIpc) is 3.27. The van der Waals surface area contributed by atoms with E-state index in [1.165, 1.54) is 39.1 Å². The van der Waals surface area contributed by atoms with Crippen molar-refractivity contribution in [2.24, 2.45) is 7.05 Å². The lowest BCUT2D eigenvalue weighted by Gasteiger charge is -2.29. The number of aryl methyl sites for hydroxylation is 1. The van der Waals surface area contributed by atoms with Gasteiger partial charge in [0.15, 0.2) is 0 Å². The van der Waals surface area contributed by atoms with Crippen LogP contribution in [0.15, 0.2) is 85.5 Å². The van der Waals surface area contributed by atoms with Gasteiger partial charge < -0.3 is 5.32 Å². The minimum absolute atomic E-state index is 0.468. The van der Waals surface area contributed by atoms with Crippen LogP contribution in [0.5, 0.6) is 0 Å². The largest absolute Gasteiger partial charge is 0.353 e. The summed E-state index contributed by atoms with van der Waals surface area (Å²) in [5.41, 5.74) is 15.2. The Bertz CT molecular complexity index is 1690. The summed E-state index contributed by atoms with van der Waals surface area (Å²) in [6, 6.07) is 15.7. The number of hydrogen-bond donors (Lipinski definition) is 1. The van der Waals surface area contributed by atoms with Gasteiger partial charge in [-0.2, -0.15) is 5.10 Å². The third kappa shape index (κ3) is 3.65. The minimum Gasteiger partial charge on any atom is -0.353 e. The van der Waals surface area contributed by atoms with Crippen LogP contribution in [0.25, 0.3) is 33.4 Å². The molecule has 1 N–H and O–H groups in total. The Labute approximate surface area is 223 Å². The molecule has 0 amide bonds. The van der Waals surface area contributed by atoms with Gasteiger partial charge in [-0.3, -0.25) is 14.6 Å². The molecule has 0 saturated heterocycles. The van der Waals surface area contributed by atoms with E-state index in [9.17, 15) is 0 Å². The van der Waals surface area contributed by atoms with E-state index >= 15 is 0 Å². The zero-order chi connectivity index (χ0) is 26.0. The molecule has 0 radical (unpaired) electrons. The van der Waals surface area contributed by atoms with E-state index in [-0.39, 0.29) is 0 Å². The molecule has 0 spiro atoms. The van der Waals surface area contributed by atoms with E-state index < -0.39 is 0 Å². The maximum Gasteiger partial charge on any atom is 0.0656 e. The monoisotopic (exact) mass is 497 g/mol. The number of aromatic nitrogens is 3. The number of allylic oxidation sites excluding steroid dienone is 4. The third-order valence-corrected chi connectivity index (χ3v) is 8.18. The topological polar surface area (TPSA) is 46.0 Å². The molecule has 2 aromatic heterocycles. The fourth-order valence-corrected chi connectivity index (χ4v) is 6.22. The van der Waals surface area contributed by atoms with Gasteiger partial charge in [0.2, 0.25) is 0 Å². The van der Waals surface area contributed by atoms with E-state index in [2.05, 4.69) is 95.5 Å². The number of pyridine rings is 1. The molecule has 38 heavy (non-hydrogen) atoms. The van der Waals surface area contributed by atoms with Crippen molar-refractivity contribution in [3.63, 3.8) is 0 Å². The van der Waals surface area contributed by atoms with Crippen LogP contribution in [0.1, 0.15) is 47.2 Å². The number of fused-ring (bicyclic) bond motifs is 3. The number of anilines is 1. The van der Waals surface area contributed by atoms with E-state index in [4.69, 9.17) is 0 Å². The quantitative estimate of drug-likeness (QED) is 0.284. The first kappa shape index (κ1) is 22.9. The van der Waals surface area contributed by atoms with Gasteiger partial charge in [0.05, 0.1) is 23.8 Å². The third-order valence-electron chi connectivity index (χ3n) is 8.18. The molecule has 0 saturated carbocycles. The van der Waals surface area contributed by atoms with Crippen LogP contribution in [0.4, 0.5) is 5.69 Å². The highest BCUT2D eigenvalue weighted by molar-refractivity contribution is 5.99. The van der Waals surface area contributed by atoms with Gasteiger partial charge in [-0.1, -0.05) is 49.9 Å². The van der Waals surface area contributed by atoms with Crippen molar-refractivity contribution in [2.45, 2.75) is 32.4 Å². The second kappa shape index (κ2) is 8.67. The van der Waals surface area contributed by atoms with Crippen molar-refractivity contribution < 1.29 is 0 Å². The Balaban J connectivity index is 1.47. The summed E-state index contributed by atoms with van der Waals surface area (Å²) in [7, 11) is 4.22. The highest BCUT2D eigenvalue weighted by Crippen LogP contribution is 2.45. The first-order chi connectivity index (χ1) is 18.5. The first-order valence-corrected chi connectivity index (χ1v) is 13.3. The molecule has 2 aromatic carbocycles. The van der Waals surface area contributed by atoms with Gasteiger partial charge >= 0.3 is 0 Å². The standard InChI is InChI=1S/C33H31N5/c1-20-8-10-26-27-14-24(9-11-25(20)27)28-16-35-38(4)32(28)19-37(3)18-22-6-5-7-23(13-22)29-15-34-17-31-33(29)21(2)12-30(26)36-31/h5-7,9-17,20,36H,2,8,18-19H2,1,3-4H3/t20-/m1/s1. The van der Waals surface area contributed by atoms with E-state index in [0.29, 0.717) is 5.92 Å². The predicted molar refractivity (Wildman–Crippen MR) is 155 cm³/mol. The molecular weight excluding hydrogens is 466 g/mol. The number of nitrogens with zero attached hydrogens (tertiary/aromatic N) is 4. The molecule has 5 nitrogen and oxygen atoms in total. The highest BCUT2D eigenvalue weighted by Gasteiger charge is 2.26. The van der Waals surface area contributed by atoms with Crippen LogP contribution in [0, 0.1) is 0 Å². The Morgan fingerprint density at radius 2 is 1.82 bits per heavy atom. The molecule has 0 fully saturated rings. The molecule has 5 heterocycles. The van der Waals surface area contributed by atoms with Gasteiger partial charge in [0, 0.05) is 54.3 Å². The van der Waals surface area contributed by atoms with Crippen LogP contribution in [0.3, 0.4) is 0 Å². The van der Waals surface area contributed by atoms with Gasteiger partial charge in [-0.05, 0) is 71.0 Å². The second-order valence-electron chi connectivity index (χ2n) is 10.9. The lowest BCUT2D eigenvalue weighted by Crippen LogP contribution is -2.19. The van der Waals surface area contributed by atoms with E-state index in [1.54, 1.807) is 0 Å². The van der Waals surface area contributed by atoms with Crippen molar-refractivity contribution >= 4 is 16.8 Å². The Morgan fingerprint density at radius 3 is 2.71 bits per heavy atom. The molecule has 8 bridgehead atoms. The maximum atomic E-state index is 4.67. The fourth-order valence-electron chi connectivity index (χ4n) is 6.22. The van der Waals surface area contributed by atoms with Crippen LogP contribution >= 0.6 is 0 Å². The molecule has 188 valence electrons. The van der Waals surface area contributed by atoms with E-state index in [0.717, 1.165) is 53.2 Å². The summed E-state index contributed by atoms with van der Waals surface area (Å²) in [5, 5.41) is 8.40. The fraction of sp³-hybridized carbons (Fsp3) is 0.212. The van der Waals surface area contributed by atoms with Crippen molar-refractivity contribution in [3.8, 4) is 22.3 Å². The summed E-state index contributed by atoms with van der Waals surface area (Å²) >= 11 is 0. The van der Waals surface area contributed by atoms with Gasteiger partial charge in [-0.25, -0.2) is 0 Å². The normalized spacial score (nSPS) is 18.3. The van der Waals surface area contributed by atoms with Gasteiger partial charge in [-0.15, -0.1) is 0 Å². The zero-order valence-electron chi connectivity index (χ0n) is 22.1. The molecule has 1 atom stereocenters.